The SMILES string of the molecule is CCC(=O)Oc1cccc(Cl)c1COc1cc(F)c(CC)cc1F. The van der Waals surface area contributed by atoms with E-state index in [9.17, 15) is 13.6 Å². The summed E-state index contributed by atoms with van der Waals surface area (Å²) in [6, 6.07) is 6.90. The average Bonchev–Trinajstić information content (AvgIpc) is 2.56. The zero-order valence-corrected chi connectivity index (χ0v) is 14.1. The molecule has 0 aliphatic rings. The van der Waals surface area contributed by atoms with Gasteiger partial charge in [-0.3, -0.25) is 4.79 Å². The van der Waals surface area contributed by atoms with Gasteiger partial charge in [0.25, 0.3) is 0 Å². The molecule has 0 saturated carbocycles. The maximum Gasteiger partial charge on any atom is 0.310 e. The van der Waals surface area contributed by atoms with Gasteiger partial charge >= 0.3 is 5.97 Å². The van der Waals surface area contributed by atoms with Crippen molar-refractivity contribution in [1.29, 1.82) is 0 Å². The van der Waals surface area contributed by atoms with Crippen LogP contribution in [0.1, 0.15) is 31.4 Å². The van der Waals surface area contributed by atoms with Crippen molar-refractivity contribution in [3.63, 3.8) is 0 Å². The number of hydrogen-bond donors (Lipinski definition) is 0. The molecule has 2 aromatic carbocycles. The van der Waals surface area contributed by atoms with Crippen LogP contribution in [0.5, 0.6) is 11.5 Å². The first-order chi connectivity index (χ1) is 11.5. The van der Waals surface area contributed by atoms with E-state index in [1.807, 2.05) is 0 Å². The fourth-order valence-corrected chi connectivity index (χ4v) is 2.29. The topological polar surface area (TPSA) is 35.5 Å². The summed E-state index contributed by atoms with van der Waals surface area (Å²) in [6.45, 7) is 3.24. The fourth-order valence-electron chi connectivity index (χ4n) is 2.07. The monoisotopic (exact) mass is 354 g/mol. The lowest BCUT2D eigenvalue weighted by Gasteiger charge is -2.13. The lowest BCUT2D eigenvalue weighted by atomic mass is 10.1. The molecule has 24 heavy (non-hydrogen) atoms. The normalized spacial score (nSPS) is 10.5. The highest BCUT2D eigenvalue weighted by atomic mass is 35.5. The summed E-state index contributed by atoms with van der Waals surface area (Å²) >= 11 is 6.10. The van der Waals surface area contributed by atoms with Gasteiger partial charge in [0, 0.05) is 12.5 Å². The van der Waals surface area contributed by atoms with Crippen LogP contribution in [-0.4, -0.2) is 5.97 Å². The summed E-state index contributed by atoms with van der Waals surface area (Å²) in [5.41, 5.74) is 0.663. The predicted molar refractivity (Wildman–Crippen MR) is 87.4 cm³/mol. The smallest absolute Gasteiger partial charge is 0.310 e. The van der Waals surface area contributed by atoms with Gasteiger partial charge in [0.05, 0.1) is 10.6 Å². The number of carbonyl (C=O) groups is 1. The first-order valence-electron chi connectivity index (χ1n) is 7.55. The van der Waals surface area contributed by atoms with Gasteiger partial charge in [-0.05, 0) is 30.2 Å². The van der Waals surface area contributed by atoms with E-state index in [1.54, 1.807) is 32.0 Å². The Kier molecular flexibility index (Phi) is 6.15. The molecule has 0 saturated heterocycles. The molecule has 0 aromatic heterocycles. The molecular weight excluding hydrogens is 338 g/mol. The Morgan fingerprint density at radius 1 is 1.12 bits per heavy atom. The quantitative estimate of drug-likeness (QED) is 0.536. The summed E-state index contributed by atoms with van der Waals surface area (Å²) < 4.78 is 38.3. The molecule has 128 valence electrons. The van der Waals surface area contributed by atoms with Crippen molar-refractivity contribution in [3.8, 4) is 11.5 Å². The molecule has 0 fully saturated rings. The molecule has 0 radical (unpaired) electrons. The molecule has 0 atom stereocenters. The maximum absolute atomic E-state index is 14.0. The lowest BCUT2D eigenvalue weighted by molar-refractivity contribution is -0.134. The van der Waals surface area contributed by atoms with Gasteiger partial charge < -0.3 is 9.47 Å². The minimum atomic E-state index is -0.660. The molecule has 0 aliphatic carbocycles. The van der Waals surface area contributed by atoms with E-state index in [4.69, 9.17) is 21.1 Å². The van der Waals surface area contributed by atoms with Gasteiger partial charge in [-0.2, -0.15) is 0 Å². The summed E-state index contributed by atoms with van der Waals surface area (Å²) in [7, 11) is 0. The molecule has 0 aliphatic heterocycles. The molecule has 3 nitrogen and oxygen atoms in total. The van der Waals surface area contributed by atoms with E-state index >= 15 is 0 Å². The van der Waals surface area contributed by atoms with E-state index in [-0.39, 0.29) is 30.1 Å². The Hall–Kier alpha value is -2.14. The highest BCUT2D eigenvalue weighted by molar-refractivity contribution is 6.31. The van der Waals surface area contributed by atoms with Crippen molar-refractivity contribution in [1.82, 2.24) is 0 Å². The number of rotatable bonds is 6. The van der Waals surface area contributed by atoms with Crippen LogP contribution in [0.15, 0.2) is 30.3 Å². The number of esters is 1. The van der Waals surface area contributed by atoms with Crippen LogP contribution < -0.4 is 9.47 Å². The highest BCUT2D eigenvalue weighted by Gasteiger charge is 2.15. The van der Waals surface area contributed by atoms with Crippen molar-refractivity contribution in [3.05, 3.63) is 58.1 Å². The second kappa shape index (κ2) is 8.11. The molecule has 0 bridgehead atoms. The van der Waals surface area contributed by atoms with Crippen LogP contribution in [0.3, 0.4) is 0 Å². The highest BCUT2D eigenvalue weighted by Crippen LogP contribution is 2.29. The number of carbonyl (C=O) groups excluding carboxylic acids is 1. The standard InChI is InChI=1S/C18H17ClF2O3/c1-3-11-8-15(21)17(9-14(11)20)23-10-12-13(19)6-5-7-16(12)24-18(22)4-2/h5-9H,3-4,10H2,1-2H3. The van der Waals surface area contributed by atoms with Gasteiger partial charge in [0.15, 0.2) is 11.6 Å². The van der Waals surface area contributed by atoms with Crippen LogP contribution in [0.25, 0.3) is 0 Å². The van der Waals surface area contributed by atoms with E-state index in [1.165, 1.54) is 0 Å². The van der Waals surface area contributed by atoms with Crippen molar-refractivity contribution in [2.24, 2.45) is 0 Å². The van der Waals surface area contributed by atoms with E-state index in [0.717, 1.165) is 12.1 Å². The number of halogens is 3. The average molecular weight is 355 g/mol. The van der Waals surface area contributed by atoms with E-state index < -0.39 is 17.6 Å². The zero-order valence-electron chi connectivity index (χ0n) is 13.4. The molecule has 0 spiro atoms. The Morgan fingerprint density at radius 2 is 1.88 bits per heavy atom. The second-order valence-corrected chi connectivity index (χ2v) is 5.47. The van der Waals surface area contributed by atoms with Crippen LogP contribution in [0.4, 0.5) is 8.78 Å². The van der Waals surface area contributed by atoms with Gasteiger partial charge in [-0.15, -0.1) is 0 Å². The zero-order chi connectivity index (χ0) is 17.7. The first kappa shape index (κ1) is 18.2. The van der Waals surface area contributed by atoms with Gasteiger partial charge in [0.2, 0.25) is 0 Å². The molecule has 2 rings (SSSR count). The molecule has 6 heteroatoms. The van der Waals surface area contributed by atoms with Crippen LogP contribution in [0, 0.1) is 11.6 Å². The number of aryl methyl sites for hydroxylation is 1. The lowest BCUT2D eigenvalue weighted by Crippen LogP contribution is -2.09. The first-order valence-corrected chi connectivity index (χ1v) is 7.92. The van der Waals surface area contributed by atoms with Crippen molar-refractivity contribution >= 4 is 17.6 Å². The third kappa shape index (κ3) is 4.23. The van der Waals surface area contributed by atoms with Gasteiger partial charge in [0.1, 0.15) is 18.2 Å². The minimum absolute atomic E-state index is 0.159. The number of ether oxygens (including phenoxy) is 2. The fraction of sp³-hybridized carbons (Fsp3) is 0.278. The molecule has 0 N–H and O–H groups in total. The summed E-state index contributed by atoms with van der Waals surface area (Å²) in [5, 5.41) is 0.308. The van der Waals surface area contributed by atoms with Gasteiger partial charge in [-0.25, -0.2) is 8.78 Å². The third-order valence-electron chi connectivity index (χ3n) is 3.44. The Balaban J connectivity index is 2.23. The predicted octanol–water partition coefficient (Wildman–Crippen LogP) is 5.08. The summed E-state index contributed by atoms with van der Waals surface area (Å²) in [4.78, 5) is 11.5. The Labute approximate surface area is 144 Å². The third-order valence-corrected chi connectivity index (χ3v) is 3.80. The Bertz CT molecular complexity index is 747. The van der Waals surface area contributed by atoms with Crippen LogP contribution in [0.2, 0.25) is 5.02 Å². The van der Waals surface area contributed by atoms with E-state index in [2.05, 4.69) is 0 Å². The molecule has 0 heterocycles. The van der Waals surface area contributed by atoms with Crippen molar-refractivity contribution in [2.75, 3.05) is 0 Å². The molecule has 2 aromatic rings. The van der Waals surface area contributed by atoms with Crippen LogP contribution in [-0.2, 0) is 17.8 Å². The van der Waals surface area contributed by atoms with Crippen LogP contribution >= 0.6 is 11.6 Å². The minimum Gasteiger partial charge on any atom is -0.486 e. The van der Waals surface area contributed by atoms with Gasteiger partial charge in [-0.1, -0.05) is 31.5 Å². The molecule has 0 unspecified atom stereocenters. The number of hydrogen-bond acceptors (Lipinski definition) is 3. The van der Waals surface area contributed by atoms with Crippen molar-refractivity contribution < 1.29 is 23.0 Å². The largest absolute Gasteiger partial charge is 0.486 e. The molecule has 0 amide bonds. The van der Waals surface area contributed by atoms with E-state index in [0.29, 0.717) is 17.0 Å². The summed E-state index contributed by atoms with van der Waals surface area (Å²) in [6.07, 6.45) is 0.579. The molecular formula is C18H17ClF2O3. The Morgan fingerprint density at radius 3 is 2.54 bits per heavy atom. The number of benzene rings is 2. The second-order valence-electron chi connectivity index (χ2n) is 5.06. The van der Waals surface area contributed by atoms with Crippen molar-refractivity contribution in [2.45, 2.75) is 33.3 Å². The summed E-state index contributed by atoms with van der Waals surface area (Å²) in [5.74, 6) is -1.61. The maximum atomic E-state index is 14.0.